The summed E-state index contributed by atoms with van der Waals surface area (Å²) in [4.78, 5) is 39.3. The van der Waals surface area contributed by atoms with Crippen LogP contribution in [-0.4, -0.2) is 72.7 Å². The van der Waals surface area contributed by atoms with Crippen molar-refractivity contribution in [3.63, 3.8) is 0 Å². The number of carbonyl (C=O) groups is 3. The molecule has 5 aliphatic rings. The molecule has 4 fully saturated rings. The molecule has 12 unspecified atom stereocenters. The van der Waals surface area contributed by atoms with E-state index in [1.54, 1.807) is 25.2 Å². The van der Waals surface area contributed by atoms with E-state index in [1.807, 2.05) is 20.8 Å². The lowest BCUT2D eigenvalue weighted by Crippen LogP contribution is -2.64. The second-order valence-electron chi connectivity index (χ2n) is 13.9. The van der Waals surface area contributed by atoms with Crippen LogP contribution in [0.5, 0.6) is 0 Å². The number of allylic oxidation sites excluding steroid dienone is 5. The Hall–Kier alpha value is -2.33. The molecule has 0 amide bonds. The standard InChI is InChI=1S/C34H48O9/c1-8-9-10-26(20(5)36)43-29-27(37)30(42-21(6)28(29)40-7)41-17-33-15-23-19(4)11-12-24(23)32(16-35)14-22(33)13-25(18(2)3)34(32,33)31(38)39/h8-10,13,16,18-19,21-24,27-30,37H,11-12,14-15,17H2,1-7H3,(H,38,39). The molecule has 43 heavy (non-hydrogen) atoms. The third kappa shape index (κ3) is 4.36. The van der Waals surface area contributed by atoms with Crippen molar-refractivity contribution in [2.45, 2.75) is 97.9 Å². The van der Waals surface area contributed by atoms with Crippen molar-refractivity contribution < 1.29 is 43.5 Å². The van der Waals surface area contributed by atoms with E-state index in [2.05, 4.69) is 13.0 Å². The molecule has 0 aromatic rings. The smallest absolute Gasteiger partial charge is 0.315 e. The number of ketones is 1. The molecule has 2 N–H and O–H groups in total. The number of aliphatic carboxylic acids is 1. The highest BCUT2D eigenvalue weighted by molar-refractivity contribution is 5.91. The second-order valence-corrected chi connectivity index (χ2v) is 13.9. The number of hydrogen-bond acceptors (Lipinski definition) is 8. The van der Waals surface area contributed by atoms with Gasteiger partial charge in [-0.3, -0.25) is 9.59 Å². The van der Waals surface area contributed by atoms with Gasteiger partial charge >= 0.3 is 5.97 Å². The van der Waals surface area contributed by atoms with Gasteiger partial charge in [0.05, 0.1) is 18.1 Å². The molecule has 9 heteroatoms. The van der Waals surface area contributed by atoms with Gasteiger partial charge in [0.25, 0.3) is 0 Å². The average Bonchev–Trinajstić information content (AvgIpc) is 3.53. The van der Waals surface area contributed by atoms with Crippen LogP contribution in [0, 0.1) is 45.8 Å². The lowest BCUT2D eigenvalue weighted by Gasteiger charge is -2.58. The van der Waals surface area contributed by atoms with Gasteiger partial charge in [0.2, 0.25) is 0 Å². The van der Waals surface area contributed by atoms with Crippen LogP contribution in [0.3, 0.4) is 0 Å². The fourth-order valence-corrected chi connectivity index (χ4v) is 10.0. The van der Waals surface area contributed by atoms with Gasteiger partial charge in [0.15, 0.2) is 23.9 Å². The average molecular weight is 601 g/mol. The van der Waals surface area contributed by atoms with Crippen LogP contribution in [0.4, 0.5) is 0 Å². The molecule has 0 radical (unpaired) electrons. The Labute approximate surface area is 254 Å². The SMILES string of the molecule is CC=CC=C(OC1C(O)C(OCC23CC4C(C)CCC4C4(C=O)CC2C=C(C(C)C)C43C(=O)O)OC(C)C1OC)C(C)=O. The number of carboxylic acids is 1. The van der Waals surface area contributed by atoms with Crippen molar-refractivity contribution >= 4 is 18.0 Å². The molecule has 238 valence electrons. The summed E-state index contributed by atoms with van der Waals surface area (Å²) in [6, 6.07) is 0. The van der Waals surface area contributed by atoms with Crippen molar-refractivity contribution in [3.8, 4) is 0 Å². The van der Waals surface area contributed by atoms with E-state index in [4.69, 9.17) is 18.9 Å². The lowest BCUT2D eigenvalue weighted by atomic mass is 9.43. The molecule has 9 nitrogen and oxygen atoms in total. The van der Waals surface area contributed by atoms with Crippen molar-refractivity contribution in [2.24, 2.45) is 45.8 Å². The third-order valence-corrected chi connectivity index (χ3v) is 11.7. The number of rotatable bonds is 11. The highest BCUT2D eigenvalue weighted by Gasteiger charge is 2.84. The van der Waals surface area contributed by atoms with Crippen LogP contribution in [-0.2, 0) is 33.3 Å². The van der Waals surface area contributed by atoms with Gasteiger partial charge in [-0.15, -0.1) is 0 Å². The van der Waals surface area contributed by atoms with Crippen molar-refractivity contribution in [2.75, 3.05) is 13.7 Å². The summed E-state index contributed by atoms with van der Waals surface area (Å²) in [5.41, 5.74) is -2.44. The summed E-state index contributed by atoms with van der Waals surface area (Å²) in [6.07, 6.45) is 6.34. The minimum Gasteiger partial charge on any atom is -0.481 e. The number of aliphatic hydroxyl groups is 1. The first-order chi connectivity index (χ1) is 20.4. The first-order valence-electron chi connectivity index (χ1n) is 15.8. The van der Waals surface area contributed by atoms with E-state index < -0.39 is 52.9 Å². The zero-order valence-electron chi connectivity index (χ0n) is 26.4. The fraction of sp³-hybridized carbons (Fsp3) is 0.735. The Morgan fingerprint density at radius 1 is 1.19 bits per heavy atom. The number of carbonyl (C=O) groups excluding carboxylic acids is 2. The largest absolute Gasteiger partial charge is 0.481 e. The monoisotopic (exact) mass is 600 g/mol. The van der Waals surface area contributed by atoms with Crippen LogP contribution in [0.1, 0.15) is 67.2 Å². The van der Waals surface area contributed by atoms with E-state index in [-0.39, 0.29) is 41.8 Å². The van der Waals surface area contributed by atoms with Gasteiger partial charge in [-0.2, -0.15) is 0 Å². The fourth-order valence-electron chi connectivity index (χ4n) is 10.0. The molecule has 4 aliphatic carbocycles. The van der Waals surface area contributed by atoms with Crippen molar-refractivity contribution in [3.05, 3.63) is 35.6 Å². The summed E-state index contributed by atoms with van der Waals surface area (Å²) < 4.78 is 24.3. The van der Waals surface area contributed by atoms with Crippen LogP contribution in [0.25, 0.3) is 0 Å². The molecule has 12 atom stereocenters. The maximum absolute atomic E-state index is 13.7. The molecular weight excluding hydrogens is 552 g/mol. The zero-order valence-corrected chi connectivity index (χ0v) is 26.4. The van der Waals surface area contributed by atoms with Crippen molar-refractivity contribution in [1.29, 1.82) is 0 Å². The quantitative estimate of drug-likeness (QED) is 0.116. The minimum absolute atomic E-state index is 0.00894. The van der Waals surface area contributed by atoms with Crippen molar-refractivity contribution in [1.82, 2.24) is 0 Å². The first-order valence-corrected chi connectivity index (χ1v) is 15.8. The lowest BCUT2D eigenvalue weighted by molar-refractivity contribution is -0.308. The maximum Gasteiger partial charge on any atom is 0.315 e. The van der Waals surface area contributed by atoms with E-state index in [9.17, 15) is 24.6 Å². The normalized spacial score (nSPS) is 45.4. The third-order valence-electron chi connectivity index (χ3n) is 11.7. The number of fused-ring (bicyclic) bond motifs is 2. The highest BCUT2D eigenvalue weighted by atomic mass is 16.7. The summed E-state index contributed by atoms with van der Waals surface area (Å²) in [5, 5.41) is 22.8. The molecule has 1 aliphatic heterocycles. The number of carboxylic acid groups (broad SMARTS) is 1. The van der Waals surface area contributed by atoms with Crippen LogP contribution >= 0.6 is 0 Å². The molecule has 0 spiro atoms. The summed E-state index contributed by atoms with van der Waals surface area (Å²) in [6.45, 7) is 11.2. The van der Waals surface area contributed by atoms with Crippen LogP contribution < -0.4 is 0 Å². The Balaban J connectivity index is 1.51. The maximum atomic E-state index is 13.7. The molecule has 0 aromatic carbocycles. The summed E-state index contributed by atoms with van der Waals surface area (Å²) in [5.74, 6) is -0.782. The number of aldehydes is 1. The predicted octanol–water partition coefficient (Wildman–Crippen LogP) is 4.48. The highest BCUT2D eigenvalue weighted by Crippen LogP contribution is 2.82. The number of ether oxygens (including phenoxy) is 4. The molecule has 0 aromatic heterocycles. The van der Waals surface area contributed by atoms with Gasteiger partial charge in [-0.05, 0) is 68.8 Å². The Kier molecular flexibility index (Phi) is 8.61. The molecule has 1 saturated heterocycles. The van der Waals surface area contributed by atoms with Crippen LogP contribution in [0.15, 0.2) is 35.6 Å². The molecule has 3 saturated carbocycles. The van der Waals surface area contributed by atoms with Gasteiger partial charge in [-0.1, -0.05) is 51.0 Å². The predicted molar refractivity (Wildman–Crippen MR) is 158 cm³/mol. The number of methoxy groups -OCH3 is 1. The zero-order chi connectivity index (χ0) is 31.5. The van der Waals surface area contributed by atoms with Gasteiger partial charge < -0.3 is 34.0 Å². The molecule has 4 bridgehead atoms. The number of aliphatic hydroxyl groups excluding tert-OH is 1. The number of hydrogen-bond donors (Lipinski definition) is 2. The van der Waals surface area contributed by atoms with Gasteiger partial charge in [0.1, 0.15) is 23.9 Å². The summed E-state index contributed by atoms with van der Waals surface area (Å²) in [7, 11) is 1.49. The summed E-state index contributed by atoms with van der Waals surface area (Å²) >= 11 is 0. The minimum atomic E-state index is -1.39. The molecule has 1 heterocycles. The topological polar surface area (TPSA) is 129 Å². The van der Waals surface area contributed by atoms with E-state index in [0.717, 1.165) is 24.7 Å². The molecule has 5 rings (SSSR count). The second kappa shape index (κ2) is 11.5. The Morgan fingerprint density at radius 2 is 1.91 bits per heavy atom. The van der Waals surface area contributed by atoms with Crippen LogP contribution in [0.2, 0.25) is 0 Å². The first kappa shape index (κ1) is 32.1. The van der Waals surface area contributed by atoms with Gasteiger partial charge in [0, 0.05) is 19.4 Å². The van der Waals surface area contributed by atoms with Gasteiger partial charge in [-0.25, -0.2) is 0 Å². The Morgan fingerprint density at radius 3 is 2.49 bits per heavy atom. The Bertz CT molecular complexity index is 1220. The van der Waals surface area contributed by atoms with E-state index in [0.29, 0.717) is 18.8 Å². The molecular formula is C34H48O9. The van der Waals surface area contributed by atoms with E-state index in [1.165, 1.54) is 14.0 Å². The number of Topliss-reactive ketones (excluding diaryl/α,β-unsaturated/α-hetero) is 1. The van der Waals surface area contributed by atoms with E-state index >= 15 is 0 Å².